The van der Waals surface area contributed by atoms with Crippen molar-refractivity contribution < 1.29 is 28.6 Å². The molecule has 1 saturated heterocycles. The Morgan fingerprint density at radius 3 is 2.20 bits per heavy atom. The maximum absolute atomic E-state index is 13.4. The molecular weight excluding hydrogens is 727 g/mol. The van der Waals surface area contributed by atoms with Crippen LogP contribution in [-0.2, 0) is 25.5 Å². The van der Waals surface area contributed by atoms with Crippen molar-refractivity contribution in [2.45, 2.75) is 31.1 Å². The molecule has 14 heteroatoms. The zero-order valence-electron chi connectivity index (χ0n) is 24.2. The number of anilines is 1. The smallest absolute Gasteiger partial charge is 0.338 e. The minimum absolute atomic E-state index is 0.0786. The van der Waals surface area contributed by atoms with Gasteiger partial charge in [-0.25, -0.2) is 14.6 Å². The van der Waals surface area contributed by atoms with E-state index in [4.69, 9.17) is 25.8 Å². The molecule has 46 heavy (non-hydrogen) atoms. The van der Waals surface area contributed by atoms with Gasteiger partial charge < -0.3 is 24.8 Å². The minimum Gasteiger partial charge on any atom is -0.451 e. The first-order valence-electron chi connectivity index (χ1n) is 14.1. The Bertz CT molecular complexity index is 1890. The van der Waals surface area contributed by atoms with Gasteiger partial charge in [0.2, 0.25) is 5.28 Å². The number of halogens is 2. The van der Waals surface area contributed by atoms with Crippen molar-refractivity contribution in [3.05, 3.63) is 117 Å². The summed E-state index contributed by atoms with van der Waals surface area (Å²) in [6, 6.07) is 24.5. The summed E-state index contributed by atoms with van der Waals surface area (Å²) < 4.78 is 20.6. The van der Waals surface area contributed by atoms with Crippen LogP contribution in [0.5, 0.6) is 0 Å². The molecule has 0 unspecified atom stereocenters. The van der Waals surface area contributed by atoms with E-state index < -0.39 is 42.4 Å². The van der Waals surface area contributed by atoms with Gasteiger partial charge in [0.15, 0.2) is 41.5 Å². The summed E-state index contributed by atoms with van der Waals surface area (Å²) in [7, 11) is 1.42. The van der Waals surface area contributed by atoms with Gasteiger partial charge in [-0.2, -0.15) is 9.97 Å². The number of ether oxygens (including phenoxy) is 3. The van der Waals surface area contributed by atoms with E-state index in [0.29, 0.717) is 17.9 Å². The Balaban J connectivity index is 1.39. The Labute approximate surface area is 281 Å². The van der Waals surface area contributed by atoms with Crippen LogP contribution in [-0.4, -0.2) is 62.7 Å². The number of benzene rings is 3. The SMILES string of the molecule is CNC(=O)[C@H]1O[C@@H](n2cnc3c(NCc4cccc(I)c4)nc(Cl)nc32)[C@H](OC(=O)c2ccccc2)[C@@H]1OC(=O)c1ccccc1. The van der Waals surface area contributed by atoms with E-state index in [2.05, 4.69) is 48.2 Å². The highest BCUT2D eigenvalue weighted by molar-refractivity contribution is 14.1. The van der Waals surface area contributed by atoms with Gasteiger partial charge in [0, 0.05) is 17.2 Å². The summed E-state index contributed by atoms with van der Waals surface area (Å²) >= 11 is 8.61. The average molecular weight is 753 g/mol. The summed E-state index contributed by atoms with van der Waals surface area (Å²) in [5.74, 6) is -1.67. The highest BCUT2D eigenvalue weighted by atomic mass is 127. The molecule has 0 spiro atoms. The van der Waals surface area contributed by atoms with Crippen molar-refractivity contribution in [1.82, 2.24) is 24.8 Å². The molecular formula is C32H26ClIN6O6. The lowest BCUT2D eigenvalue weighted by Gasteiger charge is -2.24. The molecule has 4 atom stereocenters. The third kappa shape index (κ3) is 6.66. The molecule has 0 bridgehead atoms. The fourth-order valence-electron chi connectivity index (χ4n) is 5.03. The molecule has 3 heterocycles. The summed E-state index contributed by atoms with van der Waals surface area (Å²) in [6.07, 6.45) is -3.80. The van der Waals surface area contributed by atoms with E-state index in [-0.39, 0.29) is 22.1 Å². The number of esters is 2. The Morgan fingerprint density at radius 1 is 0.913 bits per heavy atom. The minimum atomic E-state index is -1.36. The molecule has 3 aromatic carbocycles. The van der Waals surface area contributed by atoms with Crippen LogP contribution in [0.2, 0.25) is 5.28 Å². The number of imidazole rings is 1. The van der Waals surface area contributed by atoms with Crippen LogP contribution in [0.3, 0.4) is 0 Å². The predicted molar refractivity (Wildman–Crippen MR) is 176 cm³/mol. The molecule has 1 aliphatic heterocycles. The average Bonchev–Trinajstić information content (AvgIpc) is 3.65. The van der Waals surface area contributed by atoms with Crippen molar-refractivity contribution in [3.8, 4) is 0 Å². The van der Waals surface area contributed by atoms with Gasteiger partial charge in [-0.05, 0) is 76.2 Å². The molecule has 0 saturated carbocycles. The third-order valence-corrected chi connectivity index (χ3v) is 8.06. The van der Waals surface area contributed by atoms with E-state index in [1.54, 1.807) is 60.7 Å². The summed E-state index contributed by atoms with van der Waals surface area (Å²) in [4.78, 5) is 53.0. The Morgan fingerprint density at radius 2 is 1.57 bits per heavy atom. The molecule has 1 fully saturated rings. The number of aromatic nitrogens is 4. The van der Waals surface area contributed by atoms with Gasteiger partial charge in [-0.15, -0.1) is 0 Å². The molecule has 12 nitrogen and oxygen atoms in total. The van der Waals surface area contributed by atoms with Crippen LogP contribution in [0.1, 0.15) is 32.5 Å². The number of amides is 1. The highest BCUT2D eigenvalue weighted by Gasteiger charge is 2.54. The molecule has 2 N–H and O–H groups in total. The molecule has 5 aromatic rings. The normalized spacial score (nSPS) is 19.0. The van der Waals surface area contributed by atoms with Crippen LogP contribution in [0.4, 0.5) is 5.82 Å². The molecule has 1 aliphatic rings. The van der Waals surface area contributed by atoms with Crippen LogP contribution in [0, 0.1) is 3.57 Å². The quantitative estimate of drug-likeness (QED) is 0.122. The lowest BCUT2D eigenvalue weighted by atomic mass is 10.1. The van der Waals surface area contributed by atoms with Crippen LogP contribution in [0.15, 0.2) is 91.3 Å². The summed E-state index contributed by atoms with van der Waals surface area (Å²) in [5, 5.41) is 5.71. The molecule has 2 aromatic heterocycles. The third-order valence-electron chi connectivity index (χ3n) is 7.22. The number of nitrogens with zero attached hydrogens (tertiary/aromatic N) is 4. The van der Waals surface area contributed by atoms with Gasteiger partial charge in [-0.3, -0.25) is 9.36 Å². The van der Waals surface area contributed by atoms with Gasteiger partial charge in [0.25, 0.3) is 5.91 Å². The van der Waals surface area contributed by atoms with E-state index in [1.165, 1.54) is 17.9 Å². The first-order chi connectivity index (χ1) is 22.3. The second-order valence-corrected chi connectivity index (χ2v) is 11.8. The van der Waals surface area contributed by atoms with E-state index in [1.807, 2.05) is 24.3 Å². The maximum Gasteiger partial charge on any atom is 0.338 e. The van der Waals surface area contributed by atoms with E-state index in [0.717, 1.165) is 9.13 Å². The second-order valence-electron chi connectivity index (χ2n) is 10.2. The molecule has 0 aliphatic carbocycles. The van der Waals surface area contributed by atoms with E-state index in [9.17, 15) is 14.4 Å². The highest BCUT2D eigenvalue weighted by Crippen LogP contribution is 2.37. The monoisotopic (exact) mass is 752 g/mol. The lowest BCUT2D eigenvalue weighted by Crippen LogP contribution is -2.45. The maximum atomic E-state index is 13.4. The van der Waals surface area contributed by atoms with Crippen molar-refractivity contribution in [2.75, 3.05) is 12.4 Å². The van der Waals surface area contributed by atoms with Crippen molar-refractivity contribution in [1.29, 1.82) is 0 Å². The summed E-state index contributed by atoms with van der Waals surface area (Å²) in [6.45, 7) is 0.430. The Kier molecular flexibility index (Phi) is 9.42. The number of carbonyl (C=O) groups is 3. The van der Waals surface area contributed by atoms with E-state index >= 15 is 0 Å². The first kappa shape index (κ1) is 31.4. The molecule has 234 valence electrons. The number of likely N-dealkylation sites (N-methyl/N-ethyl adjacent to an activating group) is 1. The van der Waals surface area contributed by atoms with Crippen LogP contribution >= 0.6 is 34.2 Å². The first-order valence-corrected chi connectivity index (χ1v) is 15.6. The molecule has 0 radical (unpaired) electrons. The number of fused-ring (bicyclic) bond motifs is 1. The van der Waals surface area contributed by atoms with Gasteiger partial charge >= 0.3 is 11.9 Å². The van der Waals surface area contributed by atoms with Crippen molar-refractivity contribution in [3.63, 3.8) is 0 Å². The summed E-state index contributed by atoms with van der Waals surface area (Å²) in [5.41, 5.74) is 2.10. The van der Waals surface area contributed by atoms with Crippen molar-refractivity contribution in [2.24, 2.45) is 0 Å². The zero-order chi connectivity index (χ0) is 32.2. The molecule has 1 amide bonds. The zero-order valence-corrected chi connectivity index (χ0v) is 27.1. The second kappa shape index (κ2) is 13.8. The molecule has 6 rings (SSSR count). The van der Waals surface area contributed by atoms with Crippen molar-refractivity contribution >= 4 is 69.0 Å². The van der Waals surface area contributed by atoms with Gasteiger partial charge in [-0.1, -0.05) is 48.5 Å². The number of hydrogen-bond donors (Lipinski definition) is 2. The fourth-order valence-corrected chi connectivity index (χ4v) is 5.81. The largest absolute Gasteiger partial charge is 0.451 e. The Hall–Kier alpha value is -4.60. The predicted octanol–water partition coefficient (Wildman–Crippen LogP) is 4.79. The van der Waals surface area contributed by atoms with Gasteiger partial charge in [0.05, 0.1) is 17.5 Å². The van der Waals surface area contributed by atoms with Gasteiger partial charge in [0.1, 0.15) is 0 Å². The van der Waals surface area contributed by atoms with Crippen LogP contribution < -0.4 is 10.6 Å². The fraction of sp³-hybridized carbons (Fsp3) is 0.188. The number of nitrogens with one attached hydrogen (secondary N) is 2. The lowest BCUT2D eigenvalue weighted by molar-refractivity contribution is -0.137. The topological polar surface area (TPSA) is 147 Å². The number of hydrogen-bond acceptors (Lipinski definition) is 10. The van der Waals surface area contributed by atoms with Crippen LogP contribution in [0.25, 0.3) is 11.2 Å². The number of rotatable bonds is 9. The number of carbonyl (C=O) groups excluding carboxylic acids is 3. The standard InChI is InChI=1S/C32H26ClIN6O6/c1-35-28(41)24-23(45-30(42)19-10-4-2-5-11-19)25(46-31(43)20-12-6-3-7-13-20)29(44-24)40-17-37-22-26(38-32(33)39-27(22)40)36-16-18-9-8-14-21(34)15-18/h2-15,17,23-25,29H,16H2,1H3,(H,35,41)(H,36,38,39)/t23-,24+,25-,29-/m1/s1.